The Hall–Kier alpha value is -2.34. The SMILES string of the molecule is O=C(Nc1ccccc1)c1cccc(NS(=O)(=O)C2CCCC2)c1. The van der Waals surface area contributed by atoms with Gasteiger partial charge in [-0.1, -0.05) is 37.1 Å². The lowest BCUT2D eigenvalue weighted by Crippen LogP contribution is -2.25. The zero-order valence-corrected chi connectivity index (χ0v) is 14.1. The first-order chi connectivity index (χ1) is 11.5. The molecular formula is C18H20N2O3S. The number of carbonyl (C=O) groups excluding carboxylic acids is 1. The van der Waals surface area contributed by atoms with Crippen molar-refractivity contribution in [2.75, 3.05) is 10.0 Å². The third kappa shape index (κ3) is 3.94. The fourth-order valence-corrected chi connectivity index (χ4v) is 4.47. The number of sulfonamides is 1. The molecule has 6 heteroatoms. The molecule has 1 aliphatic carbocycles. The summed E-state index contributed by atoms with van der Waals surface area (Å²) in [5.41, 5.74) is 1.52. The van der Waals surface area contributed by atoms with Gasteiger partial charge in [-0.05, 0) is 43.2 Å². The second-order valence-electron chi connectivity index (χ2n) is 5.95. The standard InChI is InChI=1S/C18H20N2O3S/c21-18(19-15-8-2-1-3-9-15)14-7-6-10-16(13-14)20-24(22,23)17-11-4-5-12-17/h1-3,6-10,13,17,20H,4-5,11-12H2,(H,19,21). The van der Waals surface area contributed by atoms with E-state index in [1.54, 1.807) is 36.4 Å². The normalized spacial score (nSPS) is 15.2. The summed E-state index contributed by atoms with van der Waals surface area (Å²) >= 11 is 0. The number of amides is 1. The van der Waals surface area contributed by atoms with Gasteiger partial charge in [-0.15, -0.1) is 0 Å². The van der Waals surface area contributed by atoms with E-state index in [0.29, 0.717) is 29.8 Å². The number of carbonyl (C=O) groups is 1. The number of rotatable bonds is 5. The van der Waals surface area contributed by atoms with E-state index in [2.05, 4.69) is 10.0 Å². The predicted octanol–water partition coefficient (Wildman–Crippen LogP) is 3.62. The lowest BCUT2D eigenvalue weighted by molar-refractivity contribution is 0.102. The molecule has 0 radical (unpaired) electrons. The number of nitrogens with one attached hydrogen (secondary N) is 2. The zero-order valence-electron chi connectivity index (χ0n) is 13.2. The lowest BCUT2D eigenvalue weighted by Gasteiger charge is -2.14. The van der Waals surface area contributed by atoms with Crippen LogP contribution in [0.15, 0.2) is 54.6 Å². The van der Waals surface area contributed by atoms with Crippen LogP contribution in [0.5, 0.6) is 0 Å². The first-order valence-electron chi connectivity index (χ1n) is 8.03. The second-order valence-corrected chi connectivity index (χ2v) is 7.92. The van der Waals surface area contributed by atoms with Crippen molar-refractivity contribution < 1.29 is 13.2 Å². The summed E-state index contributed by atoms with van der Waals surface area (Å²) in [6.45, 7) is 0. The van der Waals surface area contributed by atoms with Gasteiger partial charge in [0.05, 0.1) is 5.25 Å². The van der Waals surface area contributed by atoms with E-state index in [4.69, 9.17) is 0 Å². The molecule has 1 saturated carbocycles. The van der Waals surface area contributed by atoms with E-state index in [9.17, 15) is 13.2 Å². The van der Waals surface area contributed by atoms with Crippen molar-refractivity contribution in [3.8, 4) is 0 Å². The molecule has 0 saturated heterocycles. The minimum Gasteiger partial charge on any atom is -0.322 e. The number of para-hydroxylation sites is 1. The van der Waals surface area contributed by atoms with Gasteiger partial charge in [0, 0.05) is 16.9 Å². The Morgan fingerprint density at radius 2 is 1.58 bits per heavy atom. The van der Waals surface area contributed by atoms with Crippen molar-refractivity contribution in [2.45, 2.75) is 30.9 Å². The van der Waals surface area contributed by atoms with Gasteiger partial charge >= 0.3 is 0 Å². The maximum absolute atomic E-state index is 12.4. The molecule has 24 heavy (non-hydrogen) atoms. The van der Waals surface area contributed by atoms with Gasteiger partial charge in [0.25, 0.3) is 5.91 Å². The van der Waals surface area contributed by atoms with Gasteiger partial charge in [0.2, 0.25) is 10.0 Å². The molecule has 1 aliphatic rings. The fourth-order valence-electron chi connectivity index (χ4n) is 2.89. The third-order valence-corrected chi connectivity index (χ3v) is 6.03. The van der Waals surface area contributed by atoms with Crippen LogP contribution in [0.2, 0.25) is 0 Å². The summed E-state index contributed by atoms with van der Waals surface area (Å²) < 4.78 is 27.3. The Balaban J connectivity index is 1.73. The maximum Gasteiger partial charge on any atom is 0.255 e. The number of hydrogen-bond acceptors (Lipinski definition) is 3. The largest absolute Gasteiger partial charge is 0.322 e. The van der Waals surface area contributed by atoms with Gasteiger partial charge in [0.15, 0.2) is 0 Å². The molecule has 2 N–H and O–H groups in total. The first kappa shape index (κ1) is 16.5. The van der Waals surface area contributed by atoms with E-state index < -0.39 is 10.0 Å². The average molecular weight is 344 g/mol. The highest BCUT2D eigenvalue weighted by Gasteiger charge is 2.28. The quantitative estimate of drug-likeness (QED) is 0.870. The number of hydrogen-bond donors (Lipinski definition) is 2. The highest BCUT2D eigenvalue weighted by Crippen LogP contribution is 2.26. The highest BCUT2D eigenvalue weighted by atomic mass is 32.2. The van der Waals surface area contributed by atoms with Crippen LogP contribution in [-0.4, -0.2) is 19.6 Å². The number of benzene rings is 2. The molecule has 0 aromatic heterocycles. The van der Waals surface area contributed by atoms with Crippen LogP contribution >= 0.6 is 0 Å². The lowest BCUT2D eigenvalue weighted by atomic mass is 10.2. The molecule has 0 heterocycles. The van der Waals surface area contributed by atoms with Gasteiger partial charge in [-0.2, -0.15) is 0 Å². The molecule has 5 nitrogen and oxygen atoms in total. The van der Waals surface area contributed by atoms with E-state index in [1.165, 1.54) is 0 Å². The molecular weight excluding hydrogens is 324 g/mol. The Bertz CT molecular complexity index is 813. The molecule has 2 aromatic carbocycles. The van der Waals surface area contributed by atoms with Gasteiger partial charge < -0.3 is 5.32 Å². The van der Waals surface area contributed by atoms with Gasteiger partial charge in [0.1, 0.15) is 0 Å². The molecule has 0 unspecified atom stereocenters. The van der Waals surface area contributed by atoms with Gasteiger partial charge in [-0.25, -0.2) is 8.42 Å². The van der Waals surface area contributed by atoms with E-state index >= 15 is 0 Å². The molecule has 0 atom stereocenters. The summed E-state index contributed by atoms with van der Waals surface area (Å²) in [6.07, 6.45) is 3.29. The van der Waals surface area contributed by atoms with Crippen LogP contribution in [0.1, 0.15) is 36.0 Å². The molecule has 0 spiro atoms. The maximum atomic E-state index is 12.4. The van der Waals surface area contributed by atoms with Crippen molar-refractivity contribution in [1.82, 2.24) is 0 Å². The van der Waals surface area contributed by atoms with Crippen molar-refractivity contribution in [3.63, 3.8) is 0 Å². The van der Waals surface area contributed by atoms with Gasteiger partial charge in [-0.3, -0.25) is 9.52 Å². The van der Waals surface area contributed by atoms with Crippen molar-refractivity contribution in [1.29, 1.82) is 0 Å². The molecule has 1 fully saturated rings. The van der Waals surface area contributed by atoms with Crippen LogP contribution in [0.25, 0.3) is 0 Å². The van der Waals surface area contributed by atoms with E-state index in [0.717, 1.165) is 12.8 Å². The highest BCUT2D eigenvalue weighted by molar-refractivity contribution is 7.93. The molecule has 1 amide bonds. The Kier molecular flexibility index (Phi) is 4.85. The molecule has 2 aromatic rings. The summed E-state index contributed by atoms with van der Waals surface area (Å²) in [5.74, 6) is -0.275. The van der Waals surface area contributed by atoms with Crippen LogP contribution in [0.3, 0.4) is 0 Å². The molecule has 126 valence electrons. The molecule has 0 aliphatic heterocycles. The average Bonchev–Trinajstić information content (AvgIpc) is 3.11. The van der Waals surface area contributed by atoms with Crippen LogP contribution in [0, 0.1) is 0 Å². The Morgan fingerprint density at radius 3 is 2.29 bits per heavy atom. The fraction of sp³-hybridized carbons (Fsp3) is 0.278. The van der Waals surface area contributed by atoms with Crippen molar-refractivity contribution in [2.24, 2.45) is 0 Å². The Morgan fingerprint density at radius 1 is 0.917 bits per heavy atom. The molecule has 0 bridgehead atoms. The van der Waals surface area contributed by atoms with Crippen LogP contribution in [0.4, 0.5) is 11.4 Å². The summed E-state index contributed by atoms with van der Waals surface area (Å²) in [4.78, 5) is 12.3. The summed E-state index contributed by atoms with van der Waals surface area (Å²) in [6, 6.07) is 15.7. The summed E-state index contributed by atoms with van der Waals surface area (Å²) in [5, 5.41) is 2.45. The smallest absolute Gasteiger partial charge is 0.255 e. The predicted molar refractivity (Wildman–Crippen MR) is 95.6 cm³/mol. The molecule has 3 rings (SSSR count). The van der Waals surface area contributed by atoms with Crippen molar-refractivity contribution >= 4 is 27.3 Å². The Labute approximate surface area is 142 Å². The summed E-state index contributed by atoms with van der Waals surface area (Å²) in [7, 11) is -3.40. The first-order valence-corrected chi connectivity index (χ1v) is 9.57. The van der Waals surface area contributed by atoms with E-state index in [-0.39, 0.29) is 11.2 Å². The minimum absolute atomic E-state index is 0.275. The topological polar surface area (TPSA) is 75.3 Å². The van der Waals surface area contributed by atoms with E-state index in [1.807, 2.05) is 18.2 Å². The number of anilines is 2. The van der Waals surface area contributed by atoms with Crippen molar-refractivity contribution in [3.05, 3.63) is 60.2 Å². The van der Waals surface area contributed by atoms with Crippen LogP contribution in [-0.2, 0) is 10.0 Å². The zero-order chi connectivity index (χ0) is 17.0. The minimum atomic E-state index is -3.40. The third-order valence-electron chi connectivity index (χ3n) is 4.16. The monoisotopic (exact) mass is 344 g/mol. The second kappa shape index (κ2) is 7.05. The van der Waals surface area contributed by atoms with Crippen LogP contribution < -0.4 is 10.0 Å².